The van der Waals surface area contributed by atoms with Gasteiger partial charge in [0.05, 0.1) is 19.0 Å². The molecule has 2 N–H and O–H groups in total. The first kappa shape index (κ1) is 19.7. The molecule has 0 saturated carbocycles. The maximum Gasteiger partial charge on any atom is 0.269 e. The summed E-state index contributed by atoms with van der Waals surface area (Å²) in [5.74, 6) is 0.670. The van der Waals surface area contributed by atoms with Gasteiger partial charge in [0.1, 0.15) is 11.4 Å². The van der Waals surface area contributed by atoms with Gasteiger partial charge in [-0.05, 0) is 57.2 Å². The van der Waals surface area contributed by atoms with Crippen molar-refractivity contribution in [1.82, 2.24) is 15.2 Å². The fourth-order valence-corrected chi connectivity index (χ4v) is 2.57. The number of methoxy groups -OCH3 is 1. The van der Waals surface area contributed by atoms with Crippen LogP contribution >= 0.6 is 0 Å². The number of carbonyl (C=O) groups is 1. The van der Waals surface area contributed by atoms with Crippen LogP contribution in [0, 0.1) is 0 Å². The summed E-state index contributed by atoms with van der Waals surface area (Å²) in [5, 5.41) is 6.21. The van der Waals surface area contributed by atoms with Crippen molar-refractivity contribution in [3.05, 3.63) is 53.9 Å². The molecule has 0 saturated heterocycles. The van der Waals surface area contributed by atoms with Gasteiger partial charge in [0.15, 0.2) is 0 Å². The molecule has 0 atom stereocenters. The van der Waals surface area contributed by atoms with Crippen LogP contribution in [-0.2, 0) is 6.42 Å². The minimum atomic E-state index is -0.168. The Morgan fingerprint density at radius 1 is 1.15 bits per heavy atom. The highest BCUT2D eigenvalue weighted by molar-refractivity contribution is 5.92. The lowest BCUT2D eigenvalue weighted by atomic mass is 10.1. The summed E-state index contributed by atoms with van der Waals surface area (Å²) in [5.41, 5.74) is 2.42. The highest BCUT2D eigenvalue weighted by atomic mass is 16.5. The van der Waals surface area contributed by atoms with Crippen LogP contribution < -0.4 is 15.4 Å². The van der Waals surface area contributed by atoms with Gasteiger partial charge in [-0.1, -0.05) is 18.2 Å². The van der Waals surface area contributed by atoms with Crippen molar-refractivity contribution in [3.63, 3.8) is 0 Å². The highest BCUT2D eigenvalue weighted by Crippen LogP contribution is 2.17. The molecule has 2 rings (SSSR count). The normalized spacial score (nSPS) is 10.6. The third kappa shape index (κ3) is 6.37. The Balaban J connectivity index is 1.77. The number of nitrogens with one attached hydrogen (secondary N) is 2. The fraction of sp³-hybridized carbons (Fsp3) is 0.400. The maximum atomic E-state index is 12.2. The number of anilines is 1. The van der Waals surface area contributed by atoms with Gasteiger partial charge in [-0.2, -0.15) is 0 Å². The van der Waals surface area contributed by atoms with E-state index in [0.29, 0.717) is 18.7 Å². The lowest BCUT2D eigenvalue weighted by Gasteiger charge is -2.11. The van der Waals surface area contributed by atoms with Crippen LogP contribution in [0.3, 0.4) is 0 Å². The largest absolute Gasteiger partial charge is 0.496 e. The maximum absolute atomic E-state index is 12.2. The fourth-order valence-electron chi connectivity index (χ4n) is 2.57. The first-order chi connectivity index (χ1) is 12.6. The Morgan fingerprint density at radius 3 is 2.65 bits per heavy atom. The van der Waals surface area contributed by atoms with Crippen molar-refractivity contribution in [1.29, 1.82) is 0 Å². The second-order valence-electron chi connectivity index (χ2n) is 6.33. The summed E-state index contributed by atoms with van der Waals surface area (Å²) < 4.78 is 5.32. The molecule has 0 aliphatic carbocycles. The Morgan fingerprint density at radius 2 is 1.96 bits per heavy atom. The Bertz CT molecular complexity index is 686. The van der Waals surface area contributed by atoms with Crippen LogP contribution in [0.1, 0.15) is 22.5 Å². The van der Waals surface area contributed by atoms with E-state index >= 15 is 0 Å². The molecule has 6 heteroatoms. The molecule has 0 aliphatic heterocycles. The van der Waals surface area contributed by atoms with E-state index in [1.54, 1.807) is 19.4 Å². The molecule has 0 aliphatic rings. The van der Waals surface area contributed by atoms with Crippen LogP contribution in [0.2, 0.25) is 0 Å². The molecule has 1 amide bonds. The zero-order chi connectivity index (χ0) is 18.8. The number of pyridine rings is 1. The van der Waals surface area contributed by atoms with Gasteiger partial charge in [0.2, 0.25) is 0 Å². The molecule has 1 heterocycles. The average Bonchev–Trinajstić information content (AvgIpc) is 2.66. The van der Waals surface area contributed by atoms with Gasteiger partial charge >= 0.3 is 0 Å². The van der Waals surface area contributed by atoms with Crippen LogP contribution in [0.15, 0.2) is 42.6 Å². The number of hydrogen-bond donors (Lipinski definition) is 2. The zero-order valence-corrected chi connectivity index (χ0v) is 15.8. The van der Waals surface area contributed by atoms with Gasteiger partial charge in [-0.25, -0.2) is 4.98 Å². The lowest BCUT2D eigenvalue weighted by molar-refractivity contribution is 0.0949. The van der Waals surface area contributed by atoms with Crippen LogP contribution in [0.4, 0.5) is 5.69 Å². The second-order valence-corrected chi connectivity index (χ2v) is 6.33. The number of nitrogens with zero attached hydrogens (tertiary/aromatic N) is 2. The van der Waals surface area contributed by atoms with E-state index in [1.807, 2.05) is 30.3 Å². The highest BCUT2D eigenvalue weighted by Gasteiger charge is 2.08. The Kier molecular flexibility index (Phi) is 7.89. The molecule has 140 valence electrons. The molecule has 6 nitrogen and oxygen atoms in total. The molecule has 1 aromatic heterocycles. The molecule has 0 spiro atoms. The van der Waals surface area contributed by atoms with E-state index in [2.05, 4.69) is 34.6 Å². The first-order valence-corrected chi connectivity index (χ1v) is 8.85. The summed E-state index contributed by atoms with van der Waals surface area (Å²) in [4.78, 5) is 18.6. The van der Waals surface area contributed by atoms with Crippen molar-refractivity contribution >= 4 is 11.6 Å². The van der Waals surface area contributed by atoms with Crippen LogP contribution in [0.5, 0.6) is 5.75 Å². The number of hydrogen-bond acceptors (Lipinski definition) is 5. The molecule has 0 fully saturated rings. The van der Waals surface area contributed by atoms with Crippen LogP contribution in [-0.4, -0.2) is 56.6 Å². The molecular weight excluding hydrogens is 328 g/mol. The standard InChI is InChI=1S/C20H28N4O2/c1-24(2)14-6-12-21-17-9-10-18(23-15-17)20(25)22-13-11-16-7-4-5-8-19(16)26-3/h4-5,7-10,15,21H,6,11-14H2,1-3H3,(H,22,25). The quantitative estimate of drug-likeness (QED) is 0.640. The van der Waals surface area contributed by atoms with E-state index < -0.39 is 0 Å². The number of para-hydroxylation sites is 1. The van der Waals surface area contributed by atoms with Gasteiger partial charge in [-0.15, -0.1) is 0 Å². The van der Waals surface area contributed by atoms with E-state index in [4.69, 9.17) is 4.74 Å². The third-order valence-corrected chi connectivity index (χ3v) is 3.98. The second kappa shape index (κ2) is 10.4. The van der Waals surface area contributed by atoms with E-state index in [1.165, 1.54) is 0 Å². The van der Waals surface area contributed by atoms with E-state index in [9.17, 15) is 4.79 Å². The van der Waals surface area contributed by atoms with Crippen molar-refractivity contribution in [2.45, 2.75) is 12.8 Å². The summed E-state index contributed by atoms with van der Waals surface area (Å²) in [7, 11) is 5.77. The van der Waals surface area contributed by atoms with Gasteiger partial charge < -0.3 is 20.3 Å². The average molecular weight is 356 g/mol. The van der Waals surface area contributed by atoms with E-state index in [0.717, 1.165) is 36.5 Å². The summed E-state index contributed by atoms with van der Waals surface area (Å²) >= 11 is 0. The number of aromatic nitrogens is 1. The molecule has 26 heavy (non-hydrogen) atoms. The van der Waals surface area contributed by atoms with E-state index in [-0.39, 0.29) is 5.91 Å². The van der Waals surface area contributed by atoms with Gasteiger partial charge in [-0.3, -0.25) is 4.79 Å². The molecule has 0 radical (unpaired) electrons. The monoisotopic (exact) mass is 356 g/mol. The minimum Gasteiger partial charge on any atom is -0.496 e. The Hall–Kier alpha value is -2.60. The van der Waals surface area contributed by atoms with Crippen molar-refractivity contribution in [2.24, 2.45) is 0 Å². The van der Waals surface area contributed by atoms with Crippen LogP contribution in [0.25, 0.3) is 0 Å². The number of carbonyl (C=O) groups excluding carboxylic acids is 1. The van der Waals surface area contributed by atoms with Crippen molar-refractivity contribution in [3.8, 4) is 5.75 Å². The van der Waals surface area contributed by atoms with Gasteiger partial charge in [0.25, 0.3) is 5.91 Å². The summed E-state index contributed by atoms with van der Waals surface area (Å²) in [6, 6.07) is 11.4. The number of rotatable bonds is 10. The number of ether oxygens (including phenoxy) is 1. The smallest absolute Gasteiger partial charge is 0.269 e. The summed E-state index contributed by atoms with van der Waals surface area (Å²) in [6.07, 6.45) is 3.46. The minimum absolute atomic E-state index is 0.168. The third-order valence-electron chi connectivity index (χ3n) is 3.98. The predicted octanol–water partition coefficient (Wildman–Crippen LogP) is 2.43. The molecular formula is C20H28N4O2. The zero-order valence-electron chi connectivity index (χ0n) is 15.8. The number of amides is 1. The summed E-state index contributed by atoms with van der Waals surface area (Å²) in [6.45, 7) is 2.45. The Labute approximate surface area is 155 Å². The molecule has 2 aromatic rings. The predicted molar refractivity (Wildman–Crippen MR) is 105 cm³/mol. The lowest BCUT2D eigenvalue weighted by Crippen LogP contribution is -2.26. The van der Waals surface area contributed by atoms with Gasteiger partial charge in [0, 0.05) is 13.1 Å². The molecule has 0 unspecified atom stereocenters. The molecule has 0 bridgehead atoms. The first-order valence-electron chi connectivity index (χ1n) is 8.85. The topological polar surface area (TPSA) is 66.5 Å². The molecule has 1 aromatic carbocycles. The number of benzene rings is 1. The SMILES string of the molecule is COc1ccccc1CCNC(=O)c1ccc(NCCCN(C)C)cn1. The van der Waals surface area contributed by atoms with Crippen molar-refractivity contribution < 1.29 is 9.53 Å². The van der Waals surface area contributed by atoms with Crippen molar-refractivity contribution in [2.75, 3.05) is 46.2 Å².